The third kappa shape index (κ3) is 3.67. The Morgan fingerprint density at radius 1 is 1.58 bits per heavy atom. The predicted octanol–water partition coefficient (Wildman–Crippen LogP) is 2.62. The summed E-state index contributed by atoms with van der Waals surface area (Å²) in [6, 6.07) is 10.6. The quantitative estimate of drug-likeness (QED) is 0.646. The van der Waals surface area contributed by atoms with Crippen LogP contribution >= 0.6 is 11.8 Å². The molecule has 0 saturated carbocycles. The molecule has 0 unspecified atom stereocenters. The summed E-state index contributed by atoms with van der Waals surface area (Å²) in [4.78, 5) is 0. The zero-order chi connectivity index (χ0) is 8.65. The van der Waals surface area contributed by atoms with Crippen molar-refractivity contribution in [3.63, 3.8) is 0 Å². The van der Waals surface area contributed by atoms with Crippen molar-refractivity contribution in [1.29, 1.82) is 0 Å². The normalized spacial score (nSPS) is 9.75. The van der Waals surface area contributed by atoms with Crippen molar-refractivity contribution in [1.82, 2.24) is 0 Å². The van der Waals surface area contributed by atoms with E-state index in [0.717, 1.165) is 24.5 Å². The Morgan fingerprint density at radius 2 is 2.50 bits per heavy atom. The molecule has 0 N–H and O–H groups in total. The molecule has 0 atom stereocenters. The summed E-state index contributed by atoms with van der Waals surface area (Å²) in [5, 5.41) is 0. The van der Waals surface area contributed by atoms with E-state index in [1.165, 1.54) is 0 Å². The summed E-state index contributed by atoms with van der Waals surface area (Å²) in [6.07, 6.45) is 3.21. The van der Waals surface area contributed by atoms with Crippen molar-refractivity contribution in [2.75, 3.05) is 18.6 Å². The minimum absolute atomic E-state index is 0.804. The smallest absolute Gasteiger partial charge is 0.119 e. The highest BCUT2D eigenvalue weighted by Crippen LogP contribution is 2.08. The molecule has 1 aromatic rings. The van der Waals surface area contributed by atoms with Gasteiger partial charge in [-0.2, -0.15) is 11.8 Å². The standard InChI is InChI=1S/C10H13OS/c1-12-9-5-8-11-10-6-3-2-4-7-10/h2-3,6-7H,5,8-9H2,1H3. The van der Waals surface area contributed by atoms with Gasteiger partial charge in [0.05, 0.1) is 6.61 Å². The molecular formula is C10H13OS. The first-order valence-corrected chi connectivity index (χ1v) is 5.40. The van der Waals surface area contributed by atoms with Crippen molar-refractivity contribution in [2.45, 2.75) is 6.42 Å². The zero-order valence-electron chi connectivity index (χ0n) is 7.25. The summed E-state index contributed by atoms with van der Waals surface area (Å²) in [7, 11) is 0. The number of benzene rings is 1. The maximum Gasteiger partial charge on any atom is 0.119 e. The first-order valence-electron chi connectivity index (χ1n) is 4.01. The summed E-state index contributed by atoms with van der Waals surface area (Å²) in [5.41, 5.74) is 0. The molecule has 0 aromatic heterocycles. The van der Waals surface area contributed by atoms with Crippen LogP contribution in [0.5, 0.6) is 5.75 Å². The average Bonchev–Trinajstić information content (AvgIpc) is 2.14. The largest absolute Gasteiger partial charge is 0.494 e. The molecule has 1 nitrogen and oxygen atoms in total. The molecule has 12 heavy (non-hydrogen) atoms. The highest BCUT2D eigenvalue weighted by Gasteiger charge is 1.90. The molecule has 0 bridgehead atoms. The van der Waals surface area contributed by atoms with Gasteiger partial charge in [-0.05, 0) is 36.6 Å². The van der Waals surface area contributed by atoms with Crippen LogP contribution in [0.15, 0.2) is 24.3 Å². The van der Waals surface area contributed by atoms with Gasteiger partial charge >= 0.3 is 0 Å². The van der Waals surface area contributed by atoms with E-state index in [1.54, 1.807) is 0 Å². The van der Waals surface area contributed by atoms with Gasteiger partial charge < -0.3 is 4.74 Å². The Balaban J connectivity index is 2.16. The van der Waals surface area contributed by atoms with E-state index >= 15 is 0 Å². The fraction of sp³-hybridized carbons (Fsp3) is 0.400. The van der Waals surface area contributed by atoms with Gasteiger partial charge in [0, 0.05) is 0 Å². The molecule has 0 aliphatic carbocycles. The number of thioether (sulfide) groups is 1. The first-order chi connectivity index (χ1) is 5.93. The van der Waals surface area contributed by atoms with Crippen molar-refractivity contribution in [3.05, 3.63) is 30.3 Å². The summed E-state index contributed by atoms with van der Waals surface area (Å²) < 4.78 is 5.46. The molecule has 1 radical (unpaired) electrons. The Bertz CT molecular complexity index is 198. The van der Waals surface area contributed by atoms with E-state index in [2.05, 4.69) is 12.3 Å². The van der Waals surface area contributed by atoms with E-state index in [0.29, 0.717) is 0 Å². The number of hydrogen-bond acceptors (Lipinski definition) is 2. The van der Waals surface area contributed by atoms with Crippen molar-refractivity contribution >= 4 is 11.8 Å². The van der Waals surface area contributed by atoms with Gasteiger partial charge in [0.1, 0.15) is 5.75 Å². The molecule has 0 fully saturated rings. The maximum absolute atomic E-state index is 5.46. The third-order valence-electron chi connectivity index (χ3n) is 1.44. The second kappa shape index (κ2) is 5.95. The monoisotopic (exact) mass is 181 g/mol. The van der Waals surface area contributed by atoms with Crippen molar-refractivity contribution in [3.8, 4) is 5.75 Å². The molecule has 0 spiro atoms. The van der Waals surface area contributed by atoms with E-state index < -0.39 is 0 Å². The Kier molecular flexibility index (Phi) is 4.69. The fourth-order valence-electron chi connectivity index (χ4n) is 0.860. The lowest BCUT2D eigenvalue weighted by atomic mass is 10.3. The second-order valence-electron chi connectivity index (χ2n) is 2.43. The molecule has 0 saturated heterocycles. The molecule has 1 rings (SSSR count). The van der Waals surface area contributed by atoms with Crippen LogP contribution in [0.4, 0.5) is 0 Å². The van der Waals surface area contributed by atoms with Gasteiger partial charge in [0.15, 0.2) is 0 Å². The van der Waals surface area contributed by atoms with Crippen LogP contribution in [0, 0.1) is 6.07 Å². The second-order valence-corrected chi connectivity index (χ2v) is 3.42. The van der Waals surface area contributed by atoms with Crippen LogP contribution < -0.4 is 4.74 Å². The number of rotatable bonds is 5. The van der Waals surface area contributed by atoms with Gasteiger partial charge in [0.25, 0.3) is 0 Å². The van der Waals surface area contributed by atoms with Crippen LogP contribution in [0.3, 0.4) is 0 Å². The first kappa shape index (κ1) is 9.46. The van der Waals surface area contributed by atoms with Gasteiger partial charge in [0.2, 0.25) is 0 Å². The van der Waals surface area contributed by atoms with E-state index in [1.807, 2.05) is 36.0 Å². The van der Waals surface area contributed by atoms with Crippen LogP contribution in [0.1, 0.15) is 6.42 Å². The molecular weight excluding hydrogens is 168 g/mol. The fourth-order valence-corrected chi connectivity index (χ4v) is 1.27. The number of ether oxygens (including phenoxy) is 1. The summed E-state index contributed by atoms with van der Waals surface area (Å²) >= 11 is 1.85. The van der Waals surface area contributed by atoms with Crippen LogP contribution in [-0.4, -0.2) is 18.6 Å². The molecule has 65 valence electrons. The molecule has 0 heterocycles. The summed E-state index contributed by atoms with van der Waals surface area (Å²) in [6.45, 7) is 0.804. The lowest BCUT2D eigenvalue weighted by molar-refractivity contribution is 0.318. The van der Waals surface area contributed by atoms with Gasteiger partial charge in [-0.15, -0.1) is 0 Å². The lowest BCUT2D eigenvalue weighted by Gasteiger charge is -2.03. The van der Waals surface area contributed by atoms with Gasteiger partial charge in [-0.25, -0.2) is 0 Å². The summed E-state index contributed by atoms with van der Waals surface area (Å²) in [5.74, 6) is 2.08. The highest BCUT2D eigenvalue weighted by atomic mass is 32.2. The number of hydrogen-bond donors (Lipinski definition) is 0. The maximum atomic E-state index is 5.46. The molecule has 0 aliphatic heterocycles. The molecule has 0 aliphatic rings. The minimum Gasteiger partial charge on any atom is -0.494 e. The topological polar surface area (TPSA) is 9.23 Å². The van der Waals surface area contributed by atoms with Crippen LogP contribution in [-0.2, 0) is 0 Å². The predicted molar refractivity (Wildman–Crippen MR) is 53.8 cm³/mol. The van der Waals surface area contributed by atoms with E-state index in [9.17, 15) is 0 Å². The zero-order valence-corrected chi connectivity index (χ0v) is 8.06. The van der Waals surface area contributed by atoms with Crippen LogP contribution in [0.2, 0.25) is 0 Å². The van der Waals surface area contributed by atoms with E-state index in [4.69, 9.17) is 4.74 Å². The Morgan fingerprint density at radius 3 is 3.17 bits per heavy atom. The Labute approximate surface area is 78.1 Å². The van der Waals surface area contributed by atoms with Crippen molar-refractivity contribution in [2.24, 2.45) is 0 Å². The highest BCUT2D eigenvalue weighted by molar-refractivity contribution is 7.98. The van der Waals surface area contributed by atoms with E-state index in [-0.39, 0.29) is 0 Å². The third-order valence-corrected chi connectivity index (χ3v) is 2.14. The molecule has 1 aromatic carbocycles. The SMILES string of the molecule is CSCCCOc1c[c]ccc1. The van der Waals surface area contributed by atoms with Crippen LogP contribution in [0.25, 0.3) is 0 Å². The average molecular weight is 181 g/mol. The Hall–Kier alpha value is -0.630. The van der Waals surface area contributed by atoms with Gasteiger partial charge in [-0.3, -0.25) is 0 Å². The lowest BCUT2D eigenvalue weighted by Crippen LogP contribution is -1.97. The minimum atomic E-state index is 0.804. The molecule has 2 heteroatoms. The van der Waals surface area contributed by atoms with Crippen molar-refractivity contribution < 1.29 is 4.74 Å². The molecule has 0 amide bonds. The van der Waals surface area contributed by atoms with Gasteiger partial charge in [-0.1, -0.05) is 12.1 Å².